The number of benzene rings is 1. The summed E-state index contributed by atoms with van der Waals surface area (Å²) in [7, 11) is 5.29. The van der Waals surface area contributed by atoms with Gasteiger partial charge in [-0.25, -0.2) is 0 Å². The Hall–Kier alpha value is -3.58. The van der Waals surface area contributed by atoms with Crippen LogP contribution in [0.15, 0.2) is 78.3 Å². The zero-order chi connectivity index (χ0) is 24.1. The van der Waals surface area contributed by atoms with Crippen LogP contribution in [0.3, 0.4) is 0 Å². The van der Waals surface area contributed by atoms with E-state index in [1.165, 1.54) is 0 Å². The van der Waals surface area contributed by atoms with E-state index in [2.05, 4.69) is 70.6 Å². The lowest BCUT2D eigenvalue weighted by Gasteiger charge is -2.28. The first-order valence-corrected chi connectivity index (χ1v) is 11.6. The molecule has 0 saturated heterocycles. The van der Waals surface area contributed by atoms with Gasteiger partial charge in [0.1, 0.15) is 11.5 Å². The number of aryl methyl sites for hydroxylation is 1. The number of pyridine rings is 1. The molecule has 0 radical (unpaired) electrons. The summed E-state index contributed by atoms with van der Waals surface area (Å²) in [5.74, 6) is 1.57. The maximum absolute atomic E-state index is 5.60. The molecule has 0 atom stereocenters. The van der Waals surface area contributed by atoms with Crippen molar-refractivity contribution < 1.29 is 9.47 Å². The van der Waals surface area contributed by atoms with Crippen LogP contribution in [-0.2, 0) is 16.5 Å². The van der Waals surface area contributed by atoms with Gasteiger partial charge in [0.05, 0.1) is 25.9 Å². The van der Waals surface area contributed by atoms with Crippen LogP contribution in [0.5, 0.6) is 0 Å². The number of anilines is 1. The van der Waals surface area contributed by atoms with Gasteiger partial charge in [-0.1, -0.05) is 13.8 Å². The summed E-state index contributed by atoms with van der Waals surface area (Å²) in [6.07, 6.45) is 12.6. The van der Waals surface area contributed by atoms with Crippen molar-refractivity contribution in [3.63, 3.8) is 0 Å². The number of nitrogens with one attached hydrogen (secondary N) is 1. The molecule has 4 rings (SSSR count). The summed E-state index contributed by atoms with van der Waals surface area (Å²) in [5, 5.41) is 8.93. The van der Waals surface area contributed by atoms with E-state index in [0.29, 0.717) is 6.04 Å². The molecule has 0 amide bonds. The number of hydrogen-bond acceptors (Lipinski definition) is 6. The number of fused-ring (bicyclic) bond motifs is 1. The maximum atomic E-state index is 5.60. The molecule has 0 spiro atoms. The van der Waals surface area contributed by atoms with Crippen LogP contribution >= 0.6 is 0 Å². The van der Waals surface area contributed by atoms with Gasteiger partial charge in [-0.2, -0.15) is 5.10 Å². The summed E-state index contributed by atoms with van der Waals surface area (Å²) in [6.45, 7) is 6.00. The maximum Gasteiger partial charge on any atom is 0.124 e. The molecule has 0 unspecified atom stereocenters. The standard InChI is InChI=1S/C27H33N5O2/c1-19(2)28-10-11-32(24-6-8-25(33-4)15-26(14-24)34-5)23-7-9-27-20(13-23)12-21(16-29-27)22-17-30-31(3)18-22/h7-9,12-19,28H,6,10-11H2,1-5H3. The highest BCUT2D eigenvalue weighted by atomic mass is 16.5. The molecule has 178 valence electrons. The lowest BCUT2D eigenvalue weighted by Crippen LogP contribution is -2.34. The van der Waals surface area contributed by atoms with Crippen LogP contribution in [0.25, 0.3) is 22.0 Å². The zero-order valence-corrected chi connectivity index (χ0v) is 20.6. The van der Waals surface area contributed by atoms with E-state index >= 15 is 0 Å². The van der Waals surface area contributed by atoms with Crippen molar-refractivity contribution in [3.05, 3.63) is 78.3 Å². The van der Waals surface area contributed by atoms with E-state index in [9.17, 15) is 0 Å². The van der Waals surface area contributed by atoms with E-state index in [4.69, 9.17) is 9.47 Å². The first-order chi connectivity index (χ1) is 16.5. The Morgan fingerprint density at radius 3 is 2.59 bits per heavy atom. The van der Waals surface area contributed by atoms with Gasteiger partial charge >= 0.3 is 0 Å². The fourth-order valence-electron chi connectivity index (χ4n) is 4.04. The third-order valence-corrected chi connectivity index (χ3v) is 5.83. The van der Waals surface area contributed by atoms with Gasteiger partial charge in [0.2, 0.25) is 0 Å². The van der Waals surface area contributed by atoms with E-state index in [1.54, 1.807) is 18.9 Å². The molecule has 7 nitrogen and oxygen atoms in total. The normalized spacial score (nSPS) is 13.9. The van der Waals surface area contributed by atoms with Gasteiger partial charge < -0.3 is 19.7 Å². The van der Waals surface area contributed by atoms with Crippen LogP contribution in [0.2, 0.25) is 0 Å². The van der Waals surface area contributed by atoms with Crippen LogP contribution in [0.4, 0.5) is 5.69 Å². The highest BCUT2D eigenvalue weighted by Crippen LogP contribution is 2.30. The molecule has 2 aromatic heterocycles. The van der Waals surface area contributed by atoms with Crippen molar-refractivity contribution in [2.45, 2.75) is 26.3 Å². The number of aromatic nitrogens is 3. The Morgan fingerprint density at radius 2 is 1.88 bits per heavy atom. The largest absolute Gasteiger partial charge is 0.497 e. The van der Waals surface area contributed by atoms with Crippen molar-refractivity contribution >= 4 is 16.6 Å². The van der Waals surface area contributed by atoms with Crippen molar-refractivity contribution in [2.24, 2.45) is 7.05 Å². The highest BCUT2D eigenvalue weighted by molar-refractivity contribution is 5.86. The van der Waals surface area contributed by atoms with Crippen LogP contribution in [-0.4, -0.2) is 48.1 Å². The topological polar surface area (TPSA) is 64.4 Å². The van der Waals surface area contributed by atoms with E-state index in [-0.39, 0.29) is 0 Å². The van der Waals surface area contributed by atoms with Crippen molar-refractivity contribution in [3.8, 4) is 11.1 Å². The number of nitrogens with zero attached hydrogens (tertiary/aromatic N) is 4. The molecule has 0 saturated carbocycles. The fraction of sp³-hybridized carbons (Fsp3) is 0.333. The van der Waals surface area contributed by atoms with E-state index in [1.807, 2.05) is 31.7 Å². The molecule has 0 bridgehead atoms. The average molecular weight is 460 g/mol. The molecule has 0 aliphatic heterocycles. The quantitative estimate of drug-likeness (QED) is 0.496. The molecule has 1 aliphatic carbocycles. The predicted molar refractivity (Wildman–Crippen MR) is 137 cm³/mol. The van der Waals surface area contributed by atoms with Crippen LogP contribution in [0, 0.1) is 0 Å². The molecule has 0 fully saturated rings. The molecule has 2 heterocycles. The minimum Gasteiger partial charge on any atom is -0.497 e. The van der Waals surface area contributed by atoms with Gasteiger partial charge in [-0.3, -0.25) is 9.67 Å². The zero-order valence-electron chi connectivity index (χ0n) is 20.6. The molecule has 1 aromatic carbocycles. The number of ether oxygens (including phenoxy) is 2. The Labute approximate surface area is 201 Å². The highest BCUT2D eigenvalue weighted by Gasteiger charge is 2.16. The van der Waals surface area contributed by atoms with E-state index in [0.717, 1.165) is 64.4 Å². The smallest absolute Gasteiger partial charge is 0.124 e. The number of rotatable bonds is 9. The average Bonchev–Trinajstić information content (AvgIpc) is 3.16. The molecular weight excluding hydrogens is 426 g/mol. The van der Waals surface area contributed by atoms with Crippen molar-refractivity contribution in [1.29, 1.82) is 0 Å². The third kappa shape index (κ3) is 5.48. The molecule has 7 heteroatoms. The first kappa shape index (κ1) is 23.6. The minimum atomic E-state index is 0.419. The molecule has 1 N–H and O–H groups in total. The number of allylic oxidation sites excluding steroid dienone is 3. The lowest BCUT2D eigenvalue weighted by atomic mass is 10.1. The van der Waals surface area contributed by atoms with Gasteiger partial charge in [0.15, 0.2) is 0 Å². The van der Waals surface area contributed by atoms with Gasteiger partial charge in [-0.05, 0) is 30.3 Å². The summed E-state index contributed by atoms with van der Waals surface area (Å²) in [5.41, 5.74) is 5.32. The minimum absolute atomic E-state index is 0.419. The van der Waals surface area contributed by atoms with Crippen molar-refractivity contribution in [1.82, 2.24) is 20.1 Å². The fourth-order valence-corrected chi connectivity index (χ4v) is 4.04. The van der Waals surface area contributed by atoms with Gasteiger partial charge in [0.25, 0.3) is 0 Å². The summed E-state index contributed by atoms with van der Waals surface area (Å²) < 4.78 is 12.9. The second-order valence-electron chi connectivity index (χ2n) is 8.67. The first-order valence-electron chi connectivity index (χ1n) is 11.6. The molecule has 3 aromatic rings. The third-order valence-electron chi connectivity index (χ3n) is 5.83. The number of hydrogen-bond donors (Lipinski definition) is 1. The van der Waals surface area contributed by atoms with Gasteiger partial charge in [-0.15, -0.1) is 0 Å². The molecular formula is C27H33N5O2. The monoisotopic (exact) mass is 459 g/mol. The Kier molecular flexibility index (Phi) is 7.33. The predicted octanol–water partition coefficient (Wildman–Crippen LogP) is 4.79. The van der Waals surface area contributed by atoms with E-state index < -0.39 is 0 Å². The van der Waals surface area contributed by atoms with Crippen molar-refractivity contribution in [2.75, 3.05) is 32.2 Å². The number of methoxy groups -OCH3 is 2. The van der Waals surface area contributed by atoms with Crippen LogP contribution < -0.4 is 10.2 Å². The summed E-state index contributed by atoms with van der Waals surface area (Å²) in [4.78, 5) is 7.03. The Morgan fingerprint density at radius 1 is 1.06 bits per heavy atom. The van der Waals surface area contributed by atoms with Crippen LogP contribution in [0.1, 0.15) is 20.3 Å². The molecule has 34 heavy (non-hydrogen) atoms. The lowest BCUT2D eigenvalue weighted by molar-refractivity contribution is 0.285. The second-order valence-corrected chi connectivity index (χ2v) is 8.67. The Balaban J connectivity index is 1.73. The SMILES string of the molecule is COC1=CCC(N(CCNC(C)C)c2ccc3ncc(-c4cnn(C)c4)cc3c2)=CC(OC)=C1. The molecule has 1 aliphatic rings. The second kappa shape index (κ2) is 10.6. The summed E-state index contributed by atoms with van der Waals surface area (Å²) in [6, 6.07) is 9.03. The van der Waals surface area contributed by atoms with Gasteiger partial charge in [0, 0.05) is 85.0 Å². The Bertz CT molecular complexity index is 1240. The summed E-state index contributed by atoms with van der Waals surface area (Å²) >= 11 is 0.